The van der Waals surface area contributed by atoms with E-state index in [4.69, 9.17) is 0 Å². The Bertz CT molecular complexity index is 1100. The minimum atomic E-state index is 0.754. The molecule has 1 saturated carbocycles. The summed E-state index contributed by atoms with van der Waals surface area (Å²) in [5, 5.41) is 0. The standard InChI is InChI=1S/C37H46/c1-3-5-7-9-11-31-18-22-34(23-19-31)36-26-28-37(29-27-36)35-24-20-33(21-25-35)17-16-32-14-12-30(13-15-32)10-8-6-4-2/h12-15,20-21,24-29,31,34H,3-11,18-19,22-23H2,1-2H3. The molecule has 194 valence electrons. The fraction of sp³-hybridized carbons (Fsp3) is 0.459. The molecule has 0 heterocycles. The van der Waals surface area contributed by atoms with Gasteiger partial charge in [-0.1, -0.05) is 119 Å². The Balaban J connectivity index is 1.27. The summed E-state index contributed by atoms with van der Waals surface area (Å²) in [5.74, 6) is 8.39. The van der Waals surface area contributed by atoms with Gasteiger partial charge in [-0.2, -0.15) is 0 Å². The molecule has 0 aliphatic heterocycles. The number of aryl methyl sites for hydroxylation is 1. The molecule has 0 heteroatoms. The van der Waals surface area contributed by atoms with Crippen molar-refractivity contribution >= 4 is 0 Å². The lowest BCUT2D eigenvalue weighted by atomic mass is 9.77. The van der Waals surface area contributed by atoms with Gasteiger partial charge in [-0.25, -0.2) is 0 Å². The predicted molar refractivity (Wildman–Crippen MR) is 161 cm³/mol. The molecule has 1 aliphatic carbocycles. The Morgan fingerprint density at radius 3 is 1.70 bits per heavy atom. The average molecular weight is 491 g/mol. The van der Waals surface area contributed by atoms with E-state index in [-0.39, 0.29) is 0 Å². The van der Waals surface area contributed by atoms with Crippen LogP contribution in [0.1, 0.15) is 119 Å². The van der Waals surface area contributed by atoms with Crippen LogP contribution in [0.4, 0.5) is 0 Å². The molecule has 0 nitrogen and oxygen atoms in total. The van der Waals surface area contributed by atoms with E-state index in [9.17, 15) is 0 Å². The minimum absolute atomic E-state index is 0.754. The molecule has 3 aromatic carbocycles. The summed E-state index contributed by atoms with van der Waals surface area (Å²) < 4.78 is 0. The summed E-state index contributed by atoms with van der Waals surface area (Å²) in [5.41, 5.74) is 7.67. The number of rotatable bonds is 11. The molecule has 0 unspecified atom stereocenters. The first-order valence-electron chi connectivity index (χ1n) is 15.1. The number of unbranched alkanes of at least 4 members (excludes halogenated alkanes) is 5. The maximum Gasteiger partial charge on any atom is 0.0249 e. The van der Waals surface area contributed by atoms with E-state index >= 15 is 0 Å². The molecule has 0 N–H and O–H groups in total. The van der Waals surface area contributed by atoms with Gasteiger partial charge in [0.15, 0.2) is 0 Å². The molecule has 0 aromatic heterocycles. The van der Waals surface area contributed by atoms with Crippen molar-refractivity contribution in [1.82, 2.24) is 0 Å². The summed E-state index contributed by atoms with van der Waals surface area (Å²) in [6.45, 7) is 4.56. The van der Waals surface area contributed by atoms with E-state index in [1.54, 1.807) is 0 Å². The van der Waals surface area contributed by atoms with Gasteiger partial charge in [0, 0.05) is 11.1 Å². The van der Waals surface area contributed by atoms with Crippen LogP contribution in [0, 0.1) is 17.8 Å². The Hall–Kier alpha value is -2.78. The van der Waals surface area contributed by atoms with Crippen LogP contribution in [-0.2, 0) is 6.42 Å². The third-order valence-electron chi connectivity index (χ3n) is 8.29. The molecule has 0 amide bonds. The van der Waals surface area contributed by atoms with Gasteiger partial charge >= 0.3 is 0 Å². The lowest BCUT2D eigenvalue weighted by Crippen LogP contribution is -2.13. The highest BCUT2D eigenvalue weighted by Gasteiger charge is 2.22. The highest BCUT2D eigenvalue weighted by molar-refractivity contribution is 5.65. The zero-order valence-corrected chi connectivity index (χ0v) is 23.3. The summed E-state index contributed by atoms with van der Waals surface area (Å²) in [4.78, 5) is 0. The molecule has 1 aliphatic rings. The van der Waals surface area contributed by atoms with Crippen LogP contribution < -0.4 is 0 Å². The minimum Gasteiger partial charge on any atom is -0.0654 e. The lowest BCUT2D eigenvalue weighted by molar-refractivity contribution is 0.302. The number of benzene rings is 3. The Kier molecular flexibility index (Phi) is 10.9. The molecular formula is C37H46. The molecule has 37 heavy (non-hydrogen) atoms. The molecule has 3 aromatic rings. The molecule has 0 bridgehead atoms. The van der Waals surface area contributed by atoms with Crippen molar-refractivity contribution in [2.75, 3.05) is 0 Å². The van der Waals surface area contributed by atoms with Gasteiger partial charge < -0.3 is 0 Å². The van der Waals surface area contributed by atoms with Crippen LogP contribution in [0.2, 0.25) is 0 Å². The summed E-state index contributed by atoms with van der Waals surface area (Å²) in [6, 6.07) is 26.9. The first-order chi connectivity index (χ1) is 18.2. The maximum absolute atomic E-state index is 3.34. The SMILES string of the molecule is CCCCCCC1CCC(c2ccc(-c3ccc(C#Cc4ccc(CCCCC)cc4)cc3)cc2)CC1. The first-order valence-corrected chi connectivity index (χ1v) is 15.1. The fourth-order valence-electron chi connectivity index (χ4n) is 5.82. The highest BCUT2D eigenvalue weighted by Crippen LogP contribution is 2.38. The predicted octanol–water partition coefficient (Wildman–Crippen LogP) is 10.7. The van der Waals surface area contributed by atoms with Gasteiger partial charge in [-0.3, -0.25) is 0 Å². The smallest absolute Gasteiger partial charge is 0.0249 e. The number of hydrogen-bond acceptors (Lipinski definition) is 0. The summed E-state index contributed by atoms with van der Waals surface area (Å²) in [6.07, 6.45) is 17.7. The van der Waals surface area contributed by atoms with Crippen LogP contribution in [0.15, 0.2) is 72.8 Å². The molecule has 0 saturated heterocycles. The Labute approximate surface area is 226 Å². The van der Waals surface area contributed by atoms with Crippen molar-refractivity contribution in [2.45, 2.75) is 103 Å². The Morgan fingerprint density at radius 1 is 0.568 bits per heavy atom. The topological polar surface area (TPSA) is 0 Å². The van der Waals surface area contributed by atoms with Crippen LogP contribution in [-0.4, -0.2) is 0 Å². The van der Waals surface area contributed by atoms with E-state index in [0.29, 0.717) is 0 Å². The Morgan fingerprint density at radius 2 is 1.11 bits per heavy atom. The van der Waals surface area contributed by atoms with Crippen molar-refractivity contribution in [1.29, 1.82) is 0 Å². The molecule has 0 spiro atoms. The highest BCUT2D eigenvalue weighted by atomic mass is 14.3. The molecule has 4 rings (SSSR count). The van der Waals surface area contributed by atoms with Gasteiger partial charge in [0.1, 0.15) is 0 Å². The lowest BCUT2D eigenvalue weighted by Gasteiger charge is -2.29. The molecule has 0 radical (unpaired) electrons. The molecular weight excluding hydrogens is 444 g/mol. The number of hydrogen-bond donors (Lipinski definition) is 0. The molecule has 0 atom stereocenters. The van der Waals surface area contributed by atoms with Crippen LogP contribution in [0.3, 0.4) is 0 Å². The maximum atomic E-state index is 3.34. The zero-order chi connectivity index (χ0) is 25.7. The van der Waals surface area contributed by atoms with E-state index in [0.717, 1.165) is 23.0 Å². The third-order valence-corrected chi connectivity index (χ3v) is 8.29. The zero-order valence-electron chi connectivity index (χ0n) is 23.3. The quantitative estimate of drug-likeness (QED) is 0.185. The van der Waals surface area contributed by atoms with Crippen LogP contribution in [0.5, 0.6) is 0 Å². The van der Waals surface area contributed by atoms with E-state index in [1.165, 1.54) is 106 Å². The van der Waals surface area contributed by atoms with Gasteiger partial charge in [-0.05, 0) is 96.9 Å². The second-order valence-electron chi connectivity index (χ2n) is 11.2. The van der Waals surface area contributed by atoms with Crippen molar-refractivity contribution in [3.63, 3.8) is 0 Å². The third kappa shape index (κ3) is 8.64. The monoisotopic (exact) mass is 490 g/mol. The van der Waals surface area contributed by atoms with Gasteiger partial charge in [0.2, 0.25) is 0 Å². The van der Waals surface area contributed by atoms with E-state index < -0.39 is 0 Å². The van der Waals surface area contributed by atoms with E-state index in [2.05, 4.69) is 98.5 Å². The van der Waals surface area contributed by atoms with Gasteiger partial charge in [-0.15, -0.1) is 0 Å². The fourth-order valence-corrected chi connectivity index (χ4v) is 5.82. The average Bonchev–Trinajstić information content (AvgIpc) is 2.96. The summed E-state index contributed by atoms with van der Waals surface area (Å²) in [7, 11) is 0. The summed E-state index contributed by atoms with van der Waals surface area (Å²) >= 11 is 0. The largest absolute Gasteiger partial charge is 0.0654 e. The second-order valence-corrected chi connectivity index (χ2v) is 11.2. The van der Waals surface area contributed by atoms with Crippen molar-refractivity contribution in [3.8, 4) is 23.0 Å². The second kappa shape index (κ2) is 14.8. The van der Waals surface area contributed by atoms with Crippen molar-refractivity contribution in [3.05, 3.63) is 95.1 Å². The van der Waals surface area contributed by atoms with Crippen LogP contribution >= 0.6 is 0 Å². The van der Waals surface area contributed by atoms with Crippen molar-refractivity contribution in [2.24, 2.45) is 5.92 Å². The normalized spacial score (nSPS) is 17.2. The molecule has 1 fully saturated rings. The van der Waals surface area contributed by atoms with Gasteiger partial charge in [0.05, 0.1) is 0 Å². The van der Waals surface area contributed by atoms with Crippen molar-refractivity contribution < 1.29 is 0 Å². The first kappa shape index (κ1) is 27.3. The van der Waals surface area contributed by atoms with E-state index in [1.807, 2.05) is 0 Å². The van der Waals surface area contributed by atoms with Crippen LogP contribution in [0.25, 0.3) is 11.1 Å². The van der Waals surface area contributed by atoms with Gasteiger partial charge in [0.25, 0.3) is 0 Å².